The van der Waals surface area contributed by atoms with Crippen LogP contribution in [-0.4, -0.2) is 42.4 Å². The van der Waals surface area contributed by atoms with E-state index in [1.165, 1.54) is 0 Å². The summed E-state index contributed by atoms with van der Waals surface area (Å²) in [5, 5.41) is 2.88. The molecule has 0 aromatic rings. The maximum atomic E-state index is 11.7. The average Bonchev–Trinajstić information content (AvgIpc) is 2.57. The molecule has 1 saturated heterocycles. The fourth-order valence-electron chi connectivity index (χ4n) is 2.22. The zero-order chi connectivity index (χ0) is 14.1. The lowest BCUT2D eigenvalue weighted by Crippen LogP contribution is -2.34. The highest BCUT2D eigenvalue weighted by atomic mass is 16.2. The Bertz CT molecular complexity index is 292. The van der Waals surface area contributed by atoms with Gasteiger partial charge in [-0.1, -0.05) is 6.42 Å². The summed E-state index contributed by atoms with van der Waals surface area (Å²) in [4.78, 5) is 25.1. The van der Waals surface area contributed by atoms with E-state index in [9.17, 15) is 9.59 Å². The van der Waals surface area contributed by atoms with Crippen LogP contribution in [0.4, 0.5) is 0 Å². The lowest BCUT2D eigenvalue weighted by molar-refractivity contribution is -0.130. The molecule has 1 atom stereocenters. The molecule has 1 unspecified atom stereocenters. The van der Waals surface area contributed by atoms with E-state index in [4.69, 9.17) is 5.73 Å². The number of nitrogens with two attached hydrogens (primary N) is 1. The van der Waals surface area contributed by atoms with Crippen LogP contribution in [0, 0.1) is 0 Å². The van der Waals surface area contributed by atoms with Crippen LogP contribution >= 0.6 is 0 Å². The van der Waals surface area contributed by atoms with Crippen LogP contribution in [0.1, 0.15) is 51.9 Å². The van der Waals surface area contributed by atoms with E-state index in [1.807, 2.05) is 11.8 Å². The average molecular weight is 269 g/mol. The summed E-state index contributed by atoms with van der Waals surface area (Å²) < 4.78 is 0. The minimum Gasteiger partial charge on any atom is -0.356 e. The van der Waals surface area contributed by atoms with E-state index in [2.05, 4.69) is 5.32 Å². The van der Waals surface area contributed by atoms with E-state index < -0.39 is 0 Å². The molecule has 1 fully saturated rings. The molecule has 3 N–H and O–H groups in total. The Hall–Kier alpha value is -1.10. The molecule has 0 bridgehead atoms. The van der Waals surface area contributed by atoms with Crippen LogP contribution in [0.5, 0.6) is 0 Å². The first-order valence-electron chi connectivity index (χ1n) is 7.39. The Morgan fingerprint density at radius 3 is 2.95 bits per heavy atom. The molecule has 0 aliphatic carbocycles. The van der Waals surface area contributed by atoms with Crippen LogP contribution in [0.25, 0.3) is 0 Å². The normalized spacial score (nSPS) is 18.0. The highest BCUT2D eigenvalue weighted by Crippen LogP contribution is 2.11. The second-order valence-corrected chi connectivity index (χ2v) is 5.41. The number of carbonyl (C=O) groups is 2. The van der Waals surface area contributed by atoms with Crippen molar-refractivity contribution in [1.29, 1.82) is 0 Å². The molecule has 110 valence electrons. The molecule has 0 spiro atoms. The van der Waals surface area contributed by atoms with E-state index in [1.54, 1.807) is 0 Å². The van der Waals surface area contributed by atoms with Gasteiger partial charge in [-0.2, -0.15) is 0 Å². The van der Waals surface area contributed by atoms with Crippen molar-refractivity contribution in [3.05, 3.63) is 0 Å². The number of hydrogen-bond donors (Lipinski definition) is 2. The van der Waals surface area contributed by atoms with Gasteiger partial charge in [0.1, 0.15) is 0 Å². The zero-order valence-electron chi connectivity index (χ0n) is 12.0. The van der Waals surface area contributed by atoms with Gasteiger partial charge in [0, 0.05) is 38.5 Å². The van der Waals surface area contributed by atoms with Crippen molar-refractivity contribution in [1.82, 2.24) is 10.2 Å². The molecule has 1 aliphatic rings. The topological polar surface area (TPSA) is 75.4 Å². The highest BCUT2D eigenvalue weighted by molar-refractivity contribution is 5.76. The summed E-state index contributed by atoms with van der Waals surface area (Å²) in [7, 11) is 0. The zero-order valence-corrected chi connectivity index (χ0v) is 12.0. The van der Waals surface area contributed by atoms with Gasteiger partial charge in [-0.25, -0.2) is 0 Å². The summed E-state index contributed by atoms with van der Waals surface area (Å²) in [6.45, 7) is 4.17. The van der Waals surface area contributed by atoms with Crippen molar-refractivity contribution < 1.29 is 9.59 Å². The Kier molecular flexibility index (Phi) is 7.48. The second-order valence-electron chi connectivity index (χ2n) is 5.41. The summed E-state index contributed by atoms with van der Waals surface area (Å²) in [5.41, 5.74) is 5.60. The third-order valence-electron chi connectivity index (χ3n) is 3.43. The van der Waals surface area contributed by atoms with Gasteiger partial charge in [-0.3, -0.25) is 9.59 Å². The fourth-order valence-corrected chi connectivity index (χ4v) is 2.22. The van der Waals surface area contributed by atoms with E-state index in [0.717, 1.165) is 45.2 Å². The standard InChI is InChI=1S/C14H27N3O2/c1-12(15)7-8-13(18)16-9-5-11-17-10-4-2-3-6-14(17)19/h12H,2-11,15H2,1H3,(H,16,18). The first-order chi connectivity index (χ1) is 9.09. The van der Waals surface area contributed by atoms with Crippen LogP contribution in [-0.2, 0) is 9.59 Å². The van der Waals surface area contributed by atoms with Crippen molar-refractivity contribution in [2.24, 2.45) is 5.73 Å². The van der Waals surface area contributed by atoms with Gasteiger partial charge in [0.25, 0.3) is 0 Å². The molecule has 19 heavy (non-hydrogen) atoms. The Morgan fingerprint density at radius 1 is 1.42 bits per heavy atom. The molecular weight excluding hydrogens is 242 g/mol. The van der Waals surface area contributed by atoms with Crippen molar-refractivity contribution in [3.63, 3.8) is 0 Å². The van der Waals surface area contributed by atoms with Gasteiger partial charge in [0.05, 0.1) is 0 Å². The Morgan fingerprint density at radius 2 is 2.21 bits per heavy atom. The fraction of sp³-hybridized carbons (Fsp3) is 0.857. The predicted octanol–water partition coefficient (Wildman–Crippen LogP) is 1.02. The quantitative estimate of drug-likeness (QED) is 0.678. The monoisotopic (exact) mass is 269 g/mol. The van der Waals surface area contributed by atoms with Gasteiger partial charge in [-0.15, -0.1) is 0 Å². The Labute approximate surface area is 115 Å². The molecule has 0 saturated carbocycles. The number of rotatable bonds is 7. The number of likely N-dealkylation sites (tertiary alicyclic amines) is 1. The second kappa shape index (κ2) is 8.91. The molecule has 5 nitrogen and oxygen atoms in total. The Balaban J connectivity index is 2.09. The maximum absolute atomic E-state index is 11.7. The molecule has 1 heterocycles. The molecular formula is C14H27N3O2. The van der Waals surface area contributed by atoms with Crippen LogP contribution in [0.2, 0.25) is 0 Å². The van der Waals surface area contributed by atoms with Gasteiger partial charge in [-0.05, 0) is 32.6 Å². The minimum absolute atomic E-state index is 0.0551. The third kappa shape index (κ3) is 7.15. The number of hydrogen-bond acceptors (Lipinski definition) is 3. The summed E-state index contributed by atoms with van der Waals surface area (Å²) in [6.07, 6.45) is 5.99. The van der Waals surface area contributed by atoms with Crippen molar-refractivity contribution in [2.75, 3.05) is 19.6 Å². The SMILES string of the molecule is CC(N)CCC(=O)NCCCN1CCCCCC1=O. The van der Waals surface area contributed by atoms with Crippen molar-refractivity contribution in [3.8, 4) is 0 Å². The van der Waals surface area contributed by atoms with Crippen molar-refractivity contribution in [2.45, 2.75) is 57.9 Å². The molecule has 5 heteroatoms. The largest absolute Gasteiger partial charge is 0.356 e. The van der Waals surface area contributed by atoms with Crippen molar-refractivity contribution >= 4 is 11.8 Å². The highest BCUT2D eigenvalue weighted by Gasteiger charge is 2.15. The van der Waals surface area contributed by atoms with Crippen LogP contribution < -0.4 is 11.1 Å². The lowest BCUT2D eigenvalue weighted by atomic mass is 10.2. The summed E-state index contributed by atoms with van der Waals surface area (Å²) in [5.74, 6) is 0.320. The summed E-state index contributed by atoms with van der Waals surface area (Å²) >= 11 is 0. The molecule has 0 radical (unpaired) electrons. The van der Waals surface area contributed by atoms with Gasteiger partial charge in [0.2, 0.25) is 11.8 Å². The predicted molar refractivity (Wildman–Crippen MR) is 75.6 cm³/mol. The summed E-state index contributed by atoms with van der Waals surface area (Å²) in [6, 6.07) is 0.0699. The lowest BCUT2D eigenvalue weighted by Gasteiger charge is -2.20. The number of amides is 2. The van der Waals surface area contributed by atoms with E-state index in [-0.39, 0.29) is 17.9 Å². The molecule has 1 aliphatic heterocycles. The maximum Gasteiger partial charge on any atom is 0.222 e. The van der Waals surface area contributed by atoms with Crippen LogP contribution in [0.15, 0.2) is 0 Å². The van der Waals surface area contributed by atoms with Crippen LogP contribution in [0.3, 0.4) is 0 Å². The minimum atomic E-state index is 0.0551. The molecule has 0 aromatic heterocycles. The van der Waals surface area contributed by atoms with E-state index >= 15 is 0 Å². The number of nitrogens with zero attached hydrogens (tertiary/aromatic N) is 1. The first kappa shape index (κ1) is 16.0. The smallest absolute Gasteiger partial charge is 0.222 e. The first-order valence-corrected chi connectivity index (χ1v) is 7.39. The molecule has 2 amide bonds. The van der Waals surface area contributed by atoms with E-state index in [0.29, 0.717) is 19.4 Å². The molecule has 0 aromatic carbocycles. The van der Waals surface area contributed by atoms with Gasteiger partial charge < -0.3 is 16.0 Å². The molecule has 1 rings (SSSR count). The van der Waals surface area contributed by atoms with Gasteiger partial charge in [0.15, 0.2) is 0 Å². The number of nitrogens with one attached hydrogen (secondary N) is 1. The number of carbonyl (C=O) groups excluding carboxylic acids is 2. The third-order valence-corrected chi connectivity index (χ3v) is 3.43. The van der Waals surface area contributed by atoms with Gasteiger partial charge >= 0.3 is 0 Å².